The molecule has 0 aliphatic carbocycles. The van der Waals surface area contributed by atoms with Gasteiger partial charge in [0.1, 0.15) is 5.69 Å². The van der Waals surface area contributed by atoms with Crippen molar-refractivity contribution >= 4 is 48.3 Å². The summed E-state index contributed by atoms with van der Waals surface area (Å²) in [6, 6.07) is 8.24. The van der Waals surface area contributed by atoms with Gasteiger partial charge in [-0.1, -0.05) is 39.4 Å². The second-order valence-corrected chi connectivity index (χ2v) is 6.26. The number of halogens is 3. The lowest BCUT2D eigenvalue weighted by atomic mass is 10.2. The molecule has 0 aliphatic heterocycles. The fourth-order valence-electron chi connectivity index (χ4n) is 1.91. The Morgan fingerprint density at radius 1 is 1.20 bits per heavy atom. The van der Waals surface area contributed by atoms with Gasteiger partial charge in [0.05, 0.1) is 10.2 Å². The van der Waals surface area contributed by atoms with Crippen LogP contribution in [0.5, 0.6) is 0 Å². The third kappa shape index (κ3) is 2.41. The molecule has 0 saturated carbocycles. The molecule has 0 radical (unpaired) electrons. The number of benzene rings is 2. The molecule has 3 rings (SSSR count). The van der Waals surface area contributed by atoms with E-state index in [0.29, 0.717) is 9.60 Å². The standard InChI is InChI=1S/C14H9BrF2N2S/c1-7-3-2-4-11-12(7)18-14(20-11)19-13-9(16)5-8(15)6-10(13)17/h2-6H,1H3,(H,18,19). The number of nitrogens with one attached hydrogen (secondary N) is 1. The van der Waals surface area contributed by atoms with Crippen molar-refractivity contribution in [1.82, 2.24) is 4.98 Å². The SMILES string of the molecule is Cc1cccc2sc(Nc3c(F)cc(Br)cc3F)nc12. The first kappa shape index (κ1) is 13.5. The van der Waals surface area contributed by atoms with Gasteiger partial charge >= 0.3 is 0 Å². The maximum atomic E-state index is 13.8. The van der Waals surface area contributed by atoms with E-state index in [1.165, 1.54) is 23.5 Å². The van der Waals surface area contributed by atoms with E-state index in [2.05, 4.69) is 26.2 Å². The van der Waals surface area contributed by atoms with Crippen molar-refractivity contribution in [1.29, 1.82) is 0 Å². The summed E-state index contributed by atoms with van der Waals surface area (Å²) in [5.41, 5.74) is 1.69. The molecule has 6 heteroatoms. The van der Waals surface area contributed by atoms with E-state index >= 15 is 0 Å². The fraction of sp³-hybridized carbons (Fsp3) is 0.0714. The van der Waals surface area contributed by atoms with Crippen molar-refractivity contribution in [2.24, 2.45) is 0 Å². The zero-order valence-electron chi connectivity index (χ0n) is 10.4. The van der Waals surface area contributed by atoms with Crippen LogP contribution in [0.1, 0.15) is 5.56 Å². The molecule has 0 atom stereocenters. The lowest BCUT2D eigenvalue weighted by Crippen LogP contribution is -1.97. The number of hydrogen-bond acceptors (Lipinski definition) is 3. The molecule has 3 aromatic rings. The number of para-hydroxylation sites is 1. The molecule has 0 aliphatic rings. The summed E-state index contributed by atoms with van der Waals surface area (Å²) in [5.74, 6) is -1.32. The van der Waals surface area contributed by atoms with Crippen LogP contribution in [0, 0.1) is 18.6 Å². The maximum Gasteiger partial charge on any atom is 0.188 e. The number of fused-ring (bicyclic) bond motifs is 1. The van der Waals surface area contributed by atoms with Crippen molar-refractivity contribution in [2.45, 2.75) is 6.92 Å². The first-order valence-electron chi connectivity index (χ1n) is 5.82. The number of hydrogen-bond donors (Lipinski definition) is 1. The second-order valence-electron chi connectivity index (χ2n) is 4.31. The van der Waals surface area contributed by atoms with Gasteiger partial charge in [0.15, 0.2) is 16.8 Å². The van der Waals surface area contributed by atoms with Crippen LogP contribution < -0.4 is 5.32 Å². The average Bonchev–Trinajstić information content (AvgIpc) is 2.78. The molecule has 0 amide bonds. The van der Waals surface area contributed by atoms with E-state index in [9.17, 15) is 8.78 Å². The van der Waals surface area contributed by atoms with Gasteiger partial charge in [-0.05, 0) is 30.7 Å². The molecule has 0 bridgehead atoms. The lowest BCUT2D eigenvalue weighted by Gasteiger charge is -2.06. The van der Waals surface area contributed by atoms with Gasteiger partial charge in [-0.15, -0.1) is 0 Å². The van der Waals surface area contributed by atoms with Crippen molar-refractivity contribution < 1.29 is 8.78 Å². The minimum atomic E-state index is -0.659. The highest BCUT2D eigenvalue weighted by Gasteiger charge is 2.13. The lowest BCUT2D eigenvalue weighted by molar-refractivity contribution is 0.589. The van der Waals surface area contributed by atoms with E-state index in [1.54, 1.807) is 0 Å². The highest BCUT2D eigenvalue weighted by atomic mass is 79.9. The van der Waals surface area contributed by atoms with Crippen LogP contribution >= 0.6 is 27.3 Å². The Morgan fingerprint density at radius 3 is 2.55 bits per heavy atom. The van der Waals surface area contributed by atoms with Crippen molar-refractivity contribution in [2.75, 3.05) is 5.32 Å². The van der Waals surface area contributed by atoms with Crippen LogP contribution in [0.25, 0.3) is 10.2 Å². The molecule has 2 aromatic carbocycles. The highest BCUT2D eigenvalue weighted by Crippen LogP contribution is 2.32. The smallest absolute Gasteiger partial charge is 0.188 e. The molecule has 0 spiro atoms. The van der Waals surface area contributed by atoms with E-state index < -0.39 is 11.6 Å². The molecule has 0 unspecified atom stereocenters. The van der Waals surface area contributed by atoms with Crippen molar-refractivity contribution in [3.8, 4) is 0 Å². The Balaban J connectivity index is 2.04. The molecular weight excluding hydrogens is 346 g/mol. The Hall–Kier alpha value is -1.53. The third-order valence-corrected chi connectivity index (χ3v) is 4.25. The van der Waals surface area contributed by atoms with Crippen molar-refractivity contribution in [3.63, 3.8) is 0 Å². The van der Waals surface area contributed by atoms with Crippen LogP contribution in [-0.4, -0.2) is 4.98 Å². The van der Waals surface area contributed by atoms with Crippen LogP contribution in [0.2, 0.25) is 0 Å². The number of aromatic nitrogens is 1. The number of nitrogens with zero attached hydrogens (tertiary/aromatic N) is 1. The summed E-state index contributed by atoms with van der Waals surface area (Å²) in [6.45, 7) is 1.95. The Morgan fingerprint density at radius 2 is 1.90 bits per heavy atom. The van der Waals surface area contributed by atoms with Gasteiger partial charge in [-0.3, -0.25) is 0 Å². The summed E-state index contributed by atoms with van der Waals surface area (Å²) in [4.78, 5) is 4.37. The van der Waals surface area contributed by atoms with Crippen LogP contribution in [-0.2, 0) is 0 Å². The number of aryl methyl sites for hydroxylation is 1. The predicted octanol–water partition coefficient (Wildman–Crippen LogP) is 5.39. The van der Waals surface area contributed by atoms with Gasteiger partial charge in [0.2, 0.25) is 0 Å². The highest BCUT2D eigenvalue weighted by molar-refractivity contribution is 9.10. The van der Waals surface area contributed by atoms with Crippen LogP contribution in [0.15, 0.2) is 34.8 Å². The fourth-order valence-corrected chi connectivity index (χ4v) is 3.26. The molecule has 102 valence electrons. The maximum absolute atomic E-state index is 13.8. The van der Waals surface area contributed by atoms with E-state index in [0.717, 1.165) is 15.8 Å². The molecule has 1 heterocycles. The zero-order chi connectivity index (χ0) is 14.3. The summed E-state index contributed by atoms with van der Waals surface area (Å²) in [5, 5.41) is 3.19. The molecule has 1 aromatic heterocycles. The Kier molecular flexibility index (Phi) is 3.43. The monoisotopic (exact) mass is 354 g/mol. The van der Waals surface area contributed by atoms with Crippen LogP contribution in [0.4, 0.5) is 19.6 Å². The van der Waals surface area contributed by atoms with Gasteiger partial charge in [0.25, 0.3) is 0 Å². The summed E-state index contributed by atoms with van der Waals surface area (Å²) in [7, 11) is 0. The number of rotatable bonds is 2. The van der Waals surface area contributed by atoms with E-state index in [-0.39, 0.29) is 5.69 Å². The topological polar surface area (TPSA) is 24.9 Å². The minimum absolute atomic E-state index is 0.190. The Bertz CT molecular complexity index is 778. The molecular formula is C14H9BrF2N2S. The minimum Gasteiger partial charge on any atom is -0.327 e. The van der Waals surface area contributed by atoms with E-state index in [4.69, 9.17) is 0 Å². The summed E-state index contributed by atoms with van der Waals surface area (Å²) in [6.07, 6.45) is 0. The third-order valence-electron chi connectivity index (χ3n) is 2.86. The largest absolute Gasteiger partial charge is 0.327 e. The normalized spacial score (nSPS) is 11.0. The molecule has 0 fully saturated rings. The predicted molar refractivity (Wildman–Crippen MR) is 81.7 cm³/mol. The van der Waals surface area contributed by atoms with E-state index in [1.807, 2.05) is 25.1 Å². The Labute approximate surface area is 126 Å². The van der Waals surface area contributed by atoms with Gasteiger partial charge < -0.3 is 5.32 Å². The number of anilines is 2. The molecule has 1 N–H and O–H groups in total. The molecule has 0 saturated heterocycles. The molecule has 20 heavy (non-hydrogen) atoms. The quantitative estimate of drug-likeness (QED) is 0.667. The molecule has 2 nitrogen and oxygen atoms in total. The summed E-state index contributed by atoms with van der Waals surface area (Å²) >= 11 is 4.41. The first-order chi connectivity index (χ1) is 9.54. The van der Waals surface area contributed by atoms with Gasteiger partial charge in [0, 0.05) is 4.47 Å². The first-order valence-corrected chi connectivity index (χ1v) is 7.43. The van der Waals surface area contributed by atoms with Crippen LogP contribution in [0.3, 0.4) is 0 Å². The zero-order valence-corrected chi connectivity index (χ0v) is 12.8. The average molecular weight is 355 g/mol. The second kappa shape index (κ2) is 5.10. The van der Waals surface area contributed by atoms with Crippen molar-refractivity contribution in [3.05, 3.63) is 52.0 Å². The number of thiazole rings is 1. The van der Waals surface area contributed by atoms with Gasteiger partial charge in [-0.2, -0.15) is 0 Å². The van der Waals surface area contributed by atoms with Gasteiger partial charge in [-0.25, -0.2) is 13.8 Å². The summed E-state index contributed by atoms with van der Waals surface area (Å²) < 4.78 is 28.9.